The van der Waals surface area contributed by atoms with E-state index in [4.69, 9.17) is 4.55 Å². The van der Waals surface area contributed by atoms with E-state index in [2.05, 4.69) is 0 Å². The molecule has 0 radical (unpaired) electrons. The first kappa shape index (κ1) is 14.2. The second-order valence-electron chi connectivity index (χ2n) is 4.66. The number of fused-ring (bicyclic) bond motifs is 1. The SMILES string of the molecule is O=c1ccc2c(=O)c3ccc(S(=O)(=O)O)cc3c(=O)c=2c1=O. The largest absolute Gasteiger partial charge is 0.294 e. The number of rotatable bonds is 1. The summed E-state index contributed by atoms with van der Waals surface area (Å²) in [5.74, 6) is 0. The van der Waals surface area contributed by atoms with E-state index in [9.17, 15) is 27.6 Å². The van der Waals surface area contributed by atoms with Crippen LogP contribution in [0.5, 0.6) is 0 Å². The Morgan fingerprint density at radius 1 is 0.773 bits per heavy atom. The summed E-state index contributed by atoms with van der Waals surface area (Å²) in [6.45, 7) is 0. The first-order valence-electron chi connectivity index (χ1n) is 5.94. The minimum Gasteiger partial charge on any atom is -0.289 e. The summed E-state index contributed by atoms with van der Waals surface area (Å²) in [6, 6.07) is 4.87. The normalized spacial score (nSPS) is 12.0. The topological polar surface area (TPSA) is 123 Å². The molecule has 0 saturated carbocycles. The van der Waals surface area contributed by atoms with Gasteiger partial charge in [0, 0.05) is 16.0 Å². The third-order valence-electron chi connectivity index (χ3n) is 3.37. The average molecular weight is 318 g/mol. The lowest BCUT2D eigenvalue weighted by Crippen LogP contribution is -2.31. The van der Waals surface area contributed by atoms with Crippen LogP contribution in [0.1, 0.15) is 0 Å². The third kappa shape index (κ3) is 1.89. The predicted octanol–water partition coefficient (Wildman–Crippen LogP) is -0.872. The molecule has 0 saturated heterocycles. The first-order valence-corrected chi connectivity index (χ1v) is 7.38. The van der Waals surface area contributed by atoms with Crippen LogP contribution in [0.4, 0.5) is 0 Å². The lowest BCUT2D eigenvalue weighted by Gasteiger charge is -2.00. The van der Waals surface area contributed by atoms with Crippen LogP contribution in [0.3, 0.4) is 0 Å². The Hall–Kier alpha value is -2.71. The summed E-state index contributed by atoms with van der Waals surface area (Å²) in [5.41, 5.74) is -3.63. The van der Waals surface area contributed by atoms with Crippen molar-refractivity contribution in [2.75, 3.05) is 0 Å². The van der Waals surface area contributed by atoms with E-state index in [1.165, 1.54) is 0 Å². The lowest BCUT2D eigenvalue weighted by molar-refractivity contribution is 0.483. The molecule has 1 aromatic carbocycles. The summed E-state index contributed by atoms with van der Waals surface area (Å²) in [4.78, 5) is 47.2. The van der Waals surface area contributed by atoms with Gasteiger partial charge in [-0.05, 0) is 30.3 Å². The van der Waals surface area contributed by atoms with Crippen molar-refractivity contribution in [2.45, 2.75) is 4.90 Å². The fourth-order valence-electron chi connectivity index (χ4n) is 2.33. The van der Waals surface area contributed by atoms with Gasteiger partial charge in [-0.3, -0.25) is 23.7 Å². The Labute approximate surface area is 121 Å². The Kier molecular flexibility index (Phi) is 2.84. The Morgan fingerprint density at radius 3 is 2.09 bits per heavy atom. The minimum atomic E-state index is -4.58. The van der Waals surface area contributed by atoms with Gasteiger partial charge in [0.15, 0.2) is 10.9 Å². The Balaban J connectivity index is 2.76. The van der Waals surface area contributed by atoms with Gasteiger partial charge in [0.1, 0.15) is 0 Å². The maximum atomic E-state index is 12.3. The van der Waals surface area contributed by atoms with E-state index in [-0.39, 0.29) is 16.0 Å². The van der Waals surface area contributed by atoms with E-state index >= 15 is 0 Å². The first-order chi connectivity index (χ1) is 10.2. The Morgan fingerprint density at radius 2 is 1.45 bits per heavy atom. The maximum absolute atomic E-state index is 12.3. The highest BCUT2D eigenvalue weighted by Crippen LogP contribution is 2.14. The van der Waals surface area contributed by atoms with Crippen molar-refractivity contribution in [1.29, 1.82) is 0 Å². The molecule has 0 amide bonds. The summed E-state index contributed by atoms with van der Waals surface area (Å²) >= 11 is 0. The molecule has 0 heterocycles. The molecule has 0 spiro atoms. The van der Waals surface area contributed by atoms with Crippen molar-refractivity contribution in [3.63, 3.8) is 0 Å². The molecule has 110 valence electrons. The van der Waals surface area contributed by atoms with Crippen molar-refractivity contribution in [1.82, 2.24) is 0 Å². The molecule has 1 aromatic rings. The zero-order chi connectivity index (χ0) is 16.2. The van der Waals surface area contributed by atoms with Crippen molar-refractivity contribution < 1.29 is 13.0 Å². The van der Waals surface area contributed by atoms with Crippen molar-refractivity contribution in [3.05, 3.63) is 81.7 Å². The molecule has 0 aliphatic heterocycles. The van der Waals surface area contributed by atoms with E-state index in [1.807, 2.05) is 0 Å². The van der Waals surface area contributed by atoms with Gasteiger partial charge in [-0.2, -0.15) is 8.42 Å². The number of benzene rings is 1. The molecule has 22 heavy (non-hydrogen) atoms. The molecule has 2 aliphatic rings. The standard InChI is InChI=1S/C14H6O7S/c15-10-4-3-8-11(14(10)18)13(17)9-5-6(22(19,20)21)1-2-7(9)12(8)16/h1-5H,(H,19,20,21). The molecular weight excluding hydrogens is 312 g/mol. The zero-order valence-electron chi connectivity index (χ0n) is 10.7. The van der Waals surface area contributed by atoms with Crippen molar-refractivity contribution >= 4 is 20.9 Å². The van der Waals surface area contributed by atoms with E-state index < -0.39 is 41.9 Å². The van der Waals surface area contributed by atoms with Gasteiger partial charge >= 0.3 is 0 Å². The summed E-state index contributed by atoms with van der Waals surface area (Å²) in [6.07, 6.45) is 0. The molecule has 3 rings (SSSR count). The molecule has 1 N–H and O–H groups in total. The highest BCUT2D eigenvalue weighted by atomic mass is 32.2. The van der Waals surface area contributed by atoms with Crippen LogP contribution in [0.25, 0.3) is 10.8 Å². The molecule has 8 heteroatoms. The highest BCUT2D eigenvalue weighted by Gasteiger charge is 2.15. The van der Waals surface area contributed by atoms with Crippen LogP contribution in [0, 0.1) is 10.4 Å². The third-order valence-corrected chi connectivity index (χ3v) is 4.22. The van der Waals surface area contributed by atoms with Gasteiger partial charge in [0.2, 0.25) is 10.9 Å². The lowest BCUT2D eigenvalue weighted by atomic mass is 10.0. The molecule has 0 bridgehead atoms. The van der Waals surface area contributed by atoms with Crippen LogP contribution in [-0.2, 0) is 10.1 Å². The smallest absolute Gasteiger partial charge is 0.289 e. The minimum absolute atomic E-state index is 0.0945. The zero-order valence-corrected chi connectivity index (χ0v) is 11.5. The molecule has 0 atom stereocenters. The van der Waals surface area contributed by atoms with Crippen LogP contribution in [0.2, 0.25) is 0 Å². The van der Waals surface area contributed by atoms with Crippen LogP contribution in [0.15, 0.2) is 54.4 Å². The Bertz CT molecular complexity index is 1310. The fourth-order valence-corrected chi connectivity index (χ4v) is 2.83. The van der Waals surface area contributed by atoms with E-state index in [0.29, 0.717) is 0 Å². The fraction of sp³-hybridized carbons (Fsp3) is 0. The molecule has 0 fully saturated rings. The summed E-state index contributed by atoms with van der Waals surface area (Å²) in [5, 5.41) is -1.20. The van der Waals surface area contributed by atoms with Gasteiger partial charge < -0.3 is 0 Å². The van der Waals surface area contributed by atoms with Gasteiger partial charge in [-0.1, -0.05) is 0 Å². The summed E-state index contributed by atoms with van der Waals surface area (Å²) in [7, 11) is -4.58. The molecule has 0 aromatic heterocycles. The molecular formula is C14H6O7S. The number of hydrogen-bond donors (Lipinski definition) is 1. The number of hydrogen-bond acceptors (Lipinski definition) is 6. The average Bonchev–Trinajstić information content (AvgIpc) is 2.46. The van der Waals surface area contributed by atoms with Gasteiger partial charge in [0.05, 0.1) is 10.1 Å². The predicted molar refractivity (Wildman–Crippen MR) is 76.5 cm³/mol. The molecule has 0 unspecified atom stereocenters. The van der Waals surface area contributed by atoms with E-state index in [1.54, 1.807) is 0 Å². The van der Waals surface area contributed by atoms with Crippen molar-refractivity contribution in [2.24, 2.45) is 0 Å². The quantitative estimate of drug-likeness (QED) is 0.457. The van der Waals surface area contributed by atoms with Crippen LogP contribution >= 0.6 is 0 Å². The summed E-state index contributed by atoms with van der Waals surface area (Å²) < 4.78 is 31.2. The second kappa shape index (κ2) is 4.39. The molecule has 2 aliphatic carbocycles. The van der Waals surface area contributed by atoms with Gasteiger partial charge in [-0.25, -0.2) is 0 Å². The maximum Gasteiger partial charge on any atom is 0.294 e. The van der Waals surface area contributed by atoms with E-state index in [0.717, 1.165) is 30.3 Å². The van der Waals surface area contributed by atoms with Crippen LogP contribution in [-0.4, -0.2) is 13.0 Å². The highest BCUT2D eigenvalue weighted by molar-refractivity contribution is 7.85. The van der Waals surface area contributed by atoms with Crippen molar-refractivity contribution in [3.8, 4) is 0 Å². The molecule has 7 nitrogen and oxygen atoms in total. The van der Waals surface area contributed by atoms with Crippen LogP contribution < -0.4 is 21.7 Å². The second-order valence-corrected chi connectivity index (χ2v) is 6.08. The van der Waals surface area contributed by atoms with Gasteiger partial charge in [0.25, 0.3) is 10.1 Å². The monoisotopic (exact) mass is 318 g/mol. The van der Waals surface area contributed by atoms with Gasteiger partial charge in [-0.15, -0.1) is 0 Å².